The average molecular weight is 356 g/mol. The number of rotatable bonds is 3. The summed E-state index contributed by atoms with van der Waals surface area (Å²) in [4.78, 5) is 17.2. The van der Waals surface area contributed by atoms with Crippen LogP contribution in [0.2, 0.25) is 0 Å². The number of carbonyl (C=O) groups excluding carboxylic acids is 1. The summed E-state index contributed by atoms with van der Waals surface area (Å²) in [5, 5.41) is 15.0. The summed E-state index contributed by atoms with van der Waals surface area (Å²) in [6.45, 7) is 2.00. The number of anilines is 1. The van der Waals surface area contributed by atoms with Crippen LogP contribution in [0, 0.1) is 24.2 Å². The molecule has 4 atom stereocenters. The van der Waals surface area contributed by atoms with E-state index < -0.39 is 5.60 Å². The van der Waals surface area contributed by atoms with Gasteiger partial charge in [0, 0.05) is 12.1 Å². The molecule has 0 saturated heterocycles. The van der Waals surface area contributed by atoms with E-state index in [9.17, 15) is 9.90 Å². The van der Waals surface area contributed by atoms with Crippen molar-refractivity contribution < 1.29 is 9.90 Å². The normalized spacial score (nSPS) is 36.1. The number of benzene rings is 1. The van der Waals surface area contributed by atoms with Crippen LogP contribution in [0.1, 0.15) is 50.0 Å². The number of aromatic nitrogens is 1. The maximum atomic E-state index is 12.7. The summed E-state index contributed by atoms with van der Waals surface area (Å²) in [5.74, 6) is 1.33. The molecule has 2 N–H and O–H groups in total. The second kappa shape index (κ2) is 5.27. The molecule has 1 heterocycles. The highest BCUT2D eigenvalue weighted by atomic mass is 32.1. The number of thiazole rings is 1. The minimum atomic E-state index is -0.497. The molecule has 0 aliphatic heterocycles. The summed E-state index contributed by atoms with van der Waals surface area (Å²) in [5.41, 5.74) is 1.37. The van der Waals surface area contributed by atoms with E-state index in [4.69, 9.17) is 0 Å². The summed E-state index contributed by atoms with van der Waals surface area (Å²) in [6.07, 6.45) is 6.75. The number of nitrogens with zero attached hydrogens (tertiary/aromatic N) is 1. The number of hydrogen-bond donors (Lipinski definition) is 2. The summed E-state index contributed by atoms with van der Waals surface area (Å²) in [7, 11) is 0. The van der Waals surface area contributed by atoms with E-state index in [1.807, 2.05) is 25.1 Å². The number of nitrogens with one attached hydrogen (secondary N) is 1. The molecule has 1 aromatic heterocycles. The van der Waals surface area contributed by atoms with E-state index in [-0.39, 0.29) is 11.3 Å². The lowest BCUT2D eigenvalue weighted by Crippen LogP contribution is -2.56. The summed E-state index contributed by atoms with van der Waals surface area (Å²) in [6, 6.07) is 5.93. The van der Waals surface area contributed by atoms with Gasteiger partial charge in [-0.25, -0.2) is 4.98 Å². The molecule has 2 aromatic rings. The van der Waals surface area contributed by atoms with Crippen molar-refractivity contribution in [3.8, 4) is 0 Å². The van der Waals surface area contributed by atoms with Gasteiger partial charge in [-0.05, 0) is 80.9 Å². The van der Waals surface area contributed by atoms with Crippen molar-refractivity contribution in [2.45, 2.75) is 57.5 Å². The van der Waals surface area contributed by atoms with Crippen LogP contribution in [0.15, 0.2) is 18.2 Å². The number of carbonyl (C=O) groups is 1. The van der Waals surface area contributed by atoms with Gasteiger partial charge in [0.2, 0.25) is 5.91 Å². The van der Waals surface area contributed by atoms with Crippen LogP contribution in [0.25, 0.3) is 10.2 Å². The Morgan fingerprint density at radius 3 is 2.80 bits per heavy atom. The van der Waals surface area contributed by atoms with E-state index in [1.165, 1.54) is 6.42 Å². The van der Waals surface area contributed by atoms with E-state index in [0.29, 0.717) is 18.3 Å². The molecule has 4 aliphatic rings. The zero-order chi connectivity index (χ0) is 17.2. The molecular formula is C20H24N2O2S. The van der Waals surface area contributed by atoms with Crippen molar-refractivity contribution in [1.29, 1.82) is 0 Å². The Bertz CT molecular complexity index is 844. The molecular weight excluding hydrogens is 332 g/mol. The molecule has 4 saturated carbocycles. The zero-order valence-electron chi connectivity index (χ0n) is 14.5. The molecule has 6 rings (SSSR count). The third-order valence-corrected chi connectivity index (χ3v) is 7.40. The number of hydrogen-bond acceptors (Lipinski definition) is 4. The molecule has 25 heavy (non-hydrogen) atoms. The van der Waals surface area contributed by atoms with Crippen LogP contribution >= 0.6 is 11.3 Å². The number of aryl methyl sites for hydroxylation is 1. The van der Waals surface area contributed by atoms with Crippen LogP contribution in [0.4, 0.5) is 5.69 Å². The Hall–Kier alpha value is -1.46. The van der Waals surface area contributed by atoms with Crippen molar-refractivity contribution in [3.63, 3.8) is 0 Å². The molecule has 4 fully saturated rings. The lowest BCUT2D eigenvalue weighted by molar-refractivity contribution is -0.167. The van der Waals surface area contributed by atoms with Crippen molar-refractivity contribution in [3.05, 3.63) is 23.2 Å². The van der Waals surface area contributed by atoms with Gasteiger partial charge in [-0.2, -0.15) is 0 Å². The molecule has 4 nitrogen and oxygen atoms in total. The smallest absolute Gasteiger partial charge is 0.224 e. The maximum absolute atomic E-state index is 12.7. The molecule has 0 spiro atoms. The van der Waals surface area contributed by atoms with Crippen LogP contribution < -0.4 is 5.32 Å². The molecule has 0 radical (unpaired) electrons. The lowest BCUT2D eigenvalue weighted by atomic mass is 9.47. The molecule has 1 amide bonds. The SMILES string of the molecule is Cc1nc2ccc(NC(=O)CC34C[C@@H]5C[C@@H](CC(O)(C5)C3)C4)cc2s1. The summed E-state index contributed by atoms with van der Waals surface area (Å²) >= 11 is 1.65. The fraction of sp³-hybridized carbons (Fsp3) is 0.600. The number of amides is 1. The van der Waals surface area contributed by atoms with Gasteiger partial charge in [-0.3, -0.25) is 4.79 Å². The molecule has 4 aliphatic carbocycles. The van der Waals surface area contributed by atoms with Crippen LogP contribution in [-0.4, -0.2) is 21.6 Å². The van der Waals surface area contributed by atoms with Crippen molar-refractivity contribution in [2.75, 3.05) is 5.32 Å². The van der Waals surface area contributed by atoms with Crippen molar-refractivity contribution in [2.24, 2.45) is 17.3 Å². The second-order valence-electron chi connectivity index (χ2n) is 8.83. The Balaban J connectivity index is 1.33. The molecule has 2 unspecified atom stereocenters. The van der Waals surface area contributed by atoms with Crippen molar-refractivity contribution in [1.82, 2.24) is 4.98 Å². The van der Waals surface area contributed by atoms with Gasteiger partial charge in [0.05, 0.1) is 20.8 Å². The predicted octanol–water partition coefficient (Wildman–Crippen LogP) is 4.26. The first-order chi connectivity index (χ1) is 11.9. The monoisotopic (exact) mass is 356 g/mol. The molecule has 4 bridgehead atoms. The van der Waals surface area contributed by atoms with Crippen LogP contribution in [0.5, 0.6) is 0 Å². The Morgan fingerprint density at radius 1 is 1.32 bits per heavy atom. The zero-order valence-corrected chi connectivity index (χ0v) is 15.4. The lowest BCUT2D eigenvalue weighted by Gasteiger charge is -2.60. The third-order valence-electron chi connectivity index (χ3n) is 6.47. The van der Waals surface area contributed by atoms with Gasteiger partial charge in [-0.1, -0.05) is 0 Å². The topological polar surface area (TPSA) is 62.2 Å². The Labute approximate surface area is 151 Å². The van der Waals surface area contributed by atoms with Crippen LogP contribution in [0.3, 0.4) is 0 Å². The van der Waals surface area contributed by atoms with Gasteiger partial charge in [-0.15, -0.1) is 11.3 Å². The first kappa shape index (κ1) is 15.8. The van der Waals surface area contributed by atoms with E-state index >= 15 is 0 Å². The first-order valence-electron chi connectivity index (χ1n) is 9.30. The Kier molecular flexibility index (Phi) is 3.32. The largest absolute Gasteiger partial charge is 0.390 e. The number of fused-ring (bicyclic) bond motifs is 1. The highest BCUT2D eigenvalue weighted by molar-refractivity contribution is 7.18. The minimum Gasteiger partial charge on any atom is -0.390 e. The van der Waals surface area contributed by atoms with E-state index in [1.54, 1.807) is 11.3 Å². The highest BCUT2D eigenvalue weighted by Gasteiger charge is 2.57. The minimum absolute atomic E-state index is 0.0219. The standard InChI is InChI=1S/C20H24N2O2S/c1-12-21-16-3-2-15(5-17(16)25-12)22-18(23)10-19-6-13-4-14(7-19)9-20(24,8-13)11-19/h2-3,5,13-14,24H,4,6-11H2,1H3,(H,22,23)/t13-,14+,19?,20?. The maximum Gasteiger partial charge on any atom is 0.224 e. The Morgan fingerprint density at radius 2 is 2.08 bits per heavy atom. The van der Waals surface area contributed by atoms with E-state index in [0.717, 1.165) is 53.0 Å². The molecule has 132 valence electrons. The molecule has 1 aromatic carbocycles. The summed E-state index contributed by atoms with van der Waals surface area (Å²) < 4.78 is 1.11. The first-order valence-corrected chi connectivity index (χ1v) is 10.1. The van der Waals surface area contributed by atoms with Gasteiger partial charge >= 0.3 is 0 Å². The van der Waals surface area contributed by atoms with Gasteiger partial charge < -0.3 is 10.4 Å². The van der Waals surface area contributed by atoms with Crippen LogP contribution in [-0.2, 0) is 4.79 Å². The highest BCUT2D eigenvalue weighted by Crippen LogP contribution is 2.62. The van der Waals surface area contributed by atoms with E-state index in [2.05, 4.69) is 10.3 Å². The second-order valence-corrected chi connectivity index (χ2v) is 10.1. The van der Waals surface area contributed by atoms with Crippen molar-refractivity contribution >= 4 is 33.1 Å². The fourth-order valence-corrected chi connectivity index (χ4v) is 7.14. The molecule has 5 heteroatoms. The van der Waals surface area contributed by atoms with Gasteiger partial charge in [0.25, 0.3) is 0 Å². The van der Waals surface area contributed by atoms with Gasteiger partial charge in [0.1, 0.15) is 0 Å². The quantitative estimate of drug-likeness (QED) is 0.863. The van der Waals surface area contributed by atoms with Gasteiger partial charge in [0.15, 0.2) is 0 Å². The fourth-order valence-electron chi connectivity index (χ4n) is 6.27. The third kappa shape index (κ3) is 2.77. The number of aliphatic hydroxyl groups is 1. The predicted molar refractivity (Wildman–Crippen MR) is 99.7 cm³/mol. The average Bonchev–Trinajstić information content (AvgIpc) is 2.83.